The Kier molecular flexibility index (Phi) is 7.07. The highest BCUT2D eigenvalue weighted by atomic mass is 32.2. The van der Waals surface area contributed by atoms with Crippen molar-refractivity contribution in [2.45, 2.75) is 26.3 Å². The van der Waals surface area contributed by atoms with Gasteiger partial charge in [0.15, 0.2) is 0 Å². The van der Waals surface area contributed by atoms with Crippen LogP contribution in [0.15, 0.2) is 48.5 Å². The van der Waals surface area contributed by atoms with Crippen molar-refractivity contribution in [2.75, 3.05) is 24.7 Å². The number of anilines is 1. The van der Waals surface area contributed by atoms with Crippen LogP contribution in [0.2, 0.25) is 0 Å². The molecule has 0 aliphatic heterocycles. The van der Waals surface area contributed by atoms with Crippen molar-refractivity contribution in [1.29, 1.82) is 0 Å². The maximum Gasteiger partial charge on any atom is 0.251 e. The summed E-state index contributed by atoms with van der Waals surface area (Å²) in [5.74, 6) is 0.970. The lowest BCUT2D eigenvalue weighted by atomic mass is 9.96. The van der Waals surface area contributed by atoms with Gasteiger partial charge in [-0.25, -0.2) is 8.42 Å². The van der Waals surface area contributed by atoms with Crippen molar-refractivity contribution in [3.63, 3.8) is 0 Å². The summed E-state index contributed by atoms with van der Waals surface area (Å²) in [6.45, 7) is 4.22. The number of hydrogen-bond acceptors (Lipinski definition) is 4. The van der Waals surface area contributed by atoms with Gasteiger partial charge in [0.2, 0.25) is 10.0 Å². The number of methoxy groups -OCH3 is 1. The van der Waals surface area contributed by atoms with E-state index in [-0.39, 0.29) is 11.9 Å². The minimum absolute atomic E-state index is 0.128. The van der Waals surface area contributed by atoms with Crippen molar-refractivity contribution < 1.29 is 17.9 Å². The predicted octanol–water partition coefficient (Wildman–Crippen LogP) is 3.61. The molecule has 0 heterocycles. The lowest BCUT2D eigenvalue weighted by Gasteiger charge is -2.22. The van der Waals surface area contributed by atoms with Gasteiger partial charge in [-0.15, -0.1) is 0 Å². The number of amides is 1. The van der Waals surface area contributed by atoms with Gasteiger partial charge in [-0.1, -0.05) is 26.0 Å². The van der Waals surface area contributed by atoms with Crippen LogP contribution in [0.3, 0.4) is 0 Å². The molecular formula is C21H28N2O4S. The SMILES string of the molecule is COc1ccc([C@H](CC(C)C)NC(=O)c2ccc(N(C)S(C)(=O)=O)cc2)cc1. The van der Waals surface area contributed by atoms with Gasteiger partial charge >= 0.3 is 0 Å². The van der Waals surface area contributed by atoms with Gasteiger partial charge in [0.1, 0.15) is 5.75 Å². The molecule has 0 saturated heterocycles. The quantitative estimate of drug-likeness (QED) is 0.729. The average molecular weight is 405 g/mol. The zero-order chi connectivity index (χ0) is 20.9. The first-order valence-corrected chi connectivity index (χ1v) is 11.0. The van der Waals surface area contributed by atoms with E-state index < -0.39 is 10.0 Å². The molecular weight excluding hydrogens is 376 g/mol. The molecule has 152 valence electrons. The summed E-state index contributed by atoms with van der Waals surface area (Å²) in [5, 5.41) is 3.09. The first-order chi connectivity index (χ1) is 13.1. The minimum Gasteiger partial charge on any atom is -0.497 e. The first kappa shape index (κ1) is 21.8. The lowest BCUT2D eigenvalue weighted by molar-refractivity contribution is 0.0932. The van der Waals surface area contributed by atoms with E-state index in [9.17, 15) is 13.2 Å². The fourth-order valence-electron chi connectivity index (χ4n) is 2.84. The third-order valence-corrected chi connectivity index (χ3v) is 5.73. The number of sulfonamides is 1. The smallest absolute Gasteiger partial charge is 0.251 e. The molecule has 0 radical (unpaired) electrons. The Bertz CT molecular complexity index is 891. The molecule has 28 heavy (non-hydrogen) atoms. The summed E-state index contributed by atoms with van der Waals surface area (Å²) in [6, 6.07) is 14.1. The van der Waals surface area contributed by atoms with E-state index in [2.05, 4.69) is 19.2 Å². The van der Waals surface area contributed by atoms with Gasteiger partial charge < -0.3 is 10.1 Å². The van der Waals surface area contributed by atoms with E-state index in [0.717, 1.165) is 24.0 Å². The van der Waals surface area contributed by atoms with E-state index in [1.807, 2.05) is 24.3 Å². The third kappa shape index (κ3) is 5.73. The van der Waals surface area contributed by atoms with E-state index in [1.165, 1.54) is 11.4 Å². The Morgan fingerprint density at radius 3 is 2.11 bits per heavy atom. The number of hydrogen-bond donors (Lipinski definition) is 1. The Hall–Kier alpha value is -2.54. The molecule has 1 atom stereocenters. The molecule has 7 heteroatoms. The largest absolute Gasteiger partial charge is 0.497 e. The zero-order valence-electron chi connectivity index (χ0n) is 17.0. The zero-order valence-corrected chi connectivity index (χ0v) is 17.8. The van der Waals surface area contributed by atoms with Crippen LogP contribution < -0.4 is 14.4 Å². The topological polar surface area (TPSA) is 75.7 Å². The number of rotatable bonds is 8. The van der Waals surface area contributed by atoms with Crippen LogP contribution in [-0.2, 0) is 10.0 Å². The molecule has 1 N–H and O–H groups in total. The second kappa shape index (κ2) is 9.10. The highest BCUT2D eigenvalue weighted by Gasteiger charge is 2.18. The maximum atomic E-state index is 12.7. The summed E-state index contributed by atoms with van der Waals surface area (Å²) in [4.78, 5) is 12.7. The summed E-state index contributed by atoms with van der Waals surface area (Å²) in [7, 11) is -0.244. The summed E-state index contributed by atoms with van der Waals surface area (Å²) in [5.41, 5.74) is 2.00. The van der Waals surface area contributed by atoms with Crippen molar-refractivity contribution in [3.8, 4) is 5.75 Å². The fraction of sp³-hybridized carbons (Fsp3) is 0.381. The Balaban J connectivity index is 2.18. The van der Waals surface area contributed by atoms with Crippen molar-refractivity contribution in [2.24, 2.45) is 5.92 Å². The van der Waals surface area contributed by atoms with Crippen molar-refractivity contribution in [3.05, 3.63) is 59.7 Å². The minimum atomic E-state index is -3.34. The molecule has 2 aromatic carbocycles. The van der Waals surface area contributed by atoms with Crippen LogP contribution >= 0.6 is 0 Å². The van der Waals surface area contributed by atoms with E-state index in [0.29, 0.717) is 17.2 Å². The molecule has 0 unspecified atom stereocenters. The Morgan fingerprint density at radius 1 is 1.07 bits per heavy atom. The summed E-state index contributed by atoms with van der Waals surface area (Å²) in [6.07, 6.45) is 1.94. The second-order valence-corrected chi connectivity index (χ2v) is 9.22. The molecule has 0 bridgehead atoms. The van der Waals surface area contributed by atoms with Crippen LogP contribution in [0.25, 0.3) is 0 Å². The van der Waals surface area contributed by atoms with Gasteiger partial charge in [-0.3, -0.25) is 9.10 Å². The van der Waals surface area contributed by atoms with Crippen LogP contribution in [0.1, 0.15) is 42.2 Å². The van der Waals surface area contributed by atoms with Crippen molar-refractivity contribution >= 4 is 21.6 Å². The number of ether oxygens (including phenoxy) is 1. The fourth-order valence-corrected chi connectivity index (χ4v) is 3.35. The lowest BCUT2D eigenvalue weighted by Crippen LogP contribution is -2.29. The molecule has 0 saturated carbocycles. The standard InChI is InChI=1S/C21H28N2O4S/c1-15(2)14-20(16-8-12-19(27-4)13-9-16)22-21(24)17-6-10-18(11-7-17)23(3)28(5,25)26/h6-13,15,20H,14H2,1-5H3,(H,22,24)/t20-/m0/s1. The maximum absolute atomic E-state index is 12.7. The van der Waals surface area contributed by atoms with E-state index >= 15 is 0 Å². The number of carbonyl (C=O) groups is 1. The monoisotopic (exact) mass is 404 g/mol. The van der Waals surface area contributed by atoms with Gasteiger partial charge in [0.05, 0.1) is 25.1 Å². The van der Waals surface area contributed by atoms with Gasteiger partial charge in [-0.05, 0) is 54.3 Å². The van der Waals surface area contributed by atoms with Crippen LogP contribution in [0, 0.1) is 5.92 Å². The Labute approximate surface area is 167 Å². The van der Waals surface area contributed by atoms with Gasteiger partial charge in [0, 0.05) is 12.6 Å². The molecule has 0 fully saturated rings. The molecule has 0 aliphatic rings. The first-order valence-electron chi connectivity index (χ1n) is 9.10. The molecule has 2 aromatic rings. The summed E-state index contributed by atoms with van der Waals surface area (Å²) < 4.78 is 29.7. The van der Waals surface area contributed by atoms with Crippen LogP contribution in [-0.4, -0.2) is 34.7 Å². The van der Waals surface area contributed by atoms with E-state index in [4.69, 9.17) is 4.74 Å². The van der Waals surface area contributed by atoms with Gasteiger partial charge in [-0.2, -0.15) is 0 Å². The van der Waals surface area contributed by atoms with Crippen molar-refractivity contribution in [1.82, 2.24) is 5.32 Å². The van der Waals surface area contributed by atoms with E-state index in [1.54, 1.807) is 31.4 Å². The molecule has 2 rings (SSSR count). The molecule has 6 nitrogen and oxygen atoms in total. The molecule has 0 spiro atoms. The predicted molar refractivity (Wildman–Crippen MR) is 112 cm³/mol. The molecule has 0 aliphatic carbocycles. The third-order valence-electron chi connectivity index (χ3n) is 4.52. The van der Waals surface area contributed by atoms with Crippen LogP contribution in [0.4, 0.5) is 5.69 Å². The number of nitrogens with zero attached hydrogens (tertiary/aromatic N) is 1. The van der Waals surface area contributed by atoms with Crippen LogP contribution in [0.5, 0.6) is 5.75 Å². The molecule has 1 amide bonds. The Morgan fingerprint density at radius 2 is 1.64 bits per heavy atom. The second-order valence-electron chi connectivity index (χ2n) is 7.21. The average Bonchev–Trinajstić information content (AvgIpc) is 2.66. The van der Waals surface area contributed by atoms with Gasteiger partial charge in [0.25, 0.3) is 5.91 Å². The number of nitrogens with one attached hydrogen (secondary N) is 1. The molecule has 0 aromatic heterocycles. The number of benzene rings is 2. The highest BCUT2D eigenvalue weighted by Crippen LogP contribution is 2.24. The summed E-state index contributed by atoms with van der Waals surface area (Å²) >= 11 is 0. The highest BCUT2D eigenvalue weighted by molar-refractivity contribution is 7.92. The normalized spacial score (nSPS) is 12.5. The number of carbonyl (C=O) groups excluding carboxylic acids is 1.